The first-order chi connectivity index (χ1) is 11.6. The molecule has 0 atom stereocenters. The van der Waals surface area contributed by atoms with E-state index in [4.69, 9.17) is 4.42 Å². The SMILES string of the molecule is Cn1c(=NC(=O)Cn2c(=O)oc3ccccc32)sc2ccccc21. The molecule has 0 unspecified atom stereocenters. The Morgan fingerprint density at radius 3 is 2.62 bits per heavy atom. The van der Waals surface area contributed by atoms with Crippen LogP contribution >= 0.6 is 11.3 Å². The number of aryl methyl sites for hydroxylation is 1. The van der Waals surface area contributed by atoms with Crippen molar-refractivity contribution in [3.8, 4) is 0 Å². The van der Waals surface area contributed by atoms with E-state index in [2.05, 4.69) is 4.99 Å². The minimum Gasteiger partial charge on any atom is -0.408 e. The molecule has 0 saturated heterocycles. The number of aromatic nitrogens is 2. The lowest BCUT2D eigenvalue weighted by molar-refractivity contribution is -0.118. The van der Waals surface area contributed by atoms with E-state index in [0.29, 0.717) is 15.9 Å². The van der Waals surface area contributed by atoms with Crippen molar-refractivity contribution in [3.05, 3.63) is 63.9 Å². The van der Waals surface area contributed by atoms with Gasteiger partial charge in [0.25, 0.3) is 5.91 Å². The van der Waals surface area contributed by atoms with E-state index in [9.17, 15) is 9.59 Å². The van der Waals surface area contributed by atoms with Gasteiger partial charge in [-0.3, -0.25) is 9.36 Å². The third-order valence-electron chi connectivity index (χ3n) is 3.80. The largest absolute Gasteiger partial charge is 0.420 e. The lowest BCUT2D eigenvalue weighted by atomic mass is 10.3. The molecule has 0 aliphatic heterocycles. The van der Waals surface area contributed by atoms with Gasteiger partial charge in [0.2, 0.25) is 0 Å². The van der Waals surface area contributed by atoms with E-state index in [0.717, 1.165) is 10.2 Å². The highest BCUT2D eigenvalue weighted by atomic mass is 32.1. The highest BCUT2D eigenvalue weighted by molar-refractivity contribution is 7.16. The van der Waals surface area contributed by atoms with Crippen LogP contribution in [0.2, 0.25) is 0 Å². The number of benzene rings is 2. The highest BCUT2D eigenvalue weighted by Gasteiger charge is 2.12. The van der Waals surface area contributed by atoms with Crippen LogP contribution in [0.4, 0.5) is 0 Å². The van der Waals surface area contributed by atoms with Crippen LogP contribution in [0.5, 0.6) is 0 Å². The molecule has 2 aromatic carbocycles. The van der Waals surface area contributed by atoms with Crippen molar-refractivity contribution in [2.45, 2.75) is 6.54 Å². The molecule has 2 heterocycles. The predicted molar refractivity (Wildman–Crippen MR) is 91.8 cm³/mol. The molecule has 2 aromatic heterocycles. The molecule has 0 saturated carbocycles. The number of thiazole rings is 1. The average Bonchev–Trinajstić information content (AvgIpc) is 3.06. The van der Waals surface area contributed by atoms with Crippen molar-refractivity contribution >= 4 is 38.6 Å². The van der Waals surface area contributed by atoms with E-state index >= 15 is 0 Å². The molecule has 4 rings (SSSR count). The second-order valence-electron chi connectivity index (χ2n) is 5.34. The summed E-state index contributed by atoms with van der Waals surface area (Å²) in [5.41, 5.74) is 2.06. The topological polar surface area (TPSA) is 69.5 Å². The van der Waals surface area contributed by atoms with Crippen molar-refractivity contribution in [2.24, 2.45) is 12.0 Å². The van der Waals surface area contributed by atoms with Crippen LogP contribution in [0, 0.1) is 0 Å². The van der Waals surface area contributed by atoms with Crippen molar-refractivity contribution in [1.29, 1.82) is 0 Å². The molecule has 0 spiro atoms. The Labute approximate surface area is 139 Å². The first-order valence-electron chi connectivity index (χ1n) is 7.34. The standard InChI is InChI=1S/C17H13N3O3S/c1-19-12-7-3-5-9-14(12)24-16(19)18-15(21)10-20-11-6-2-4-8-13(11)23-17(20)22/h2-9H,10H2,1H3. The first kappa shape index (κ1) is 14.6. The van der Waals surface area contributed by atoms with E-state index in [1.165, 1.54) is 15.9 Å². The van der Waals surface area contributed by atoms with Gasteiger partial charge >= 0.3 is 5.76 Å². The van der Waals surface area contributed by atoms with Gasteiger partial charge in [-0.25, -0.2) is 4.79 Å². The summed E-state index contributed by atoms with van der Waals surface area (Å²) in [4.78, 5) is 29.0. The zero-order chi connectivity index (χ0) is 16.7. The number of carbonyl (C=O) groups excluding carboxylic acids is 1. The van der Waals surface area contributed by atoms with Crippen LogP contribution in [-0.2, 0) is 18.4 Å². The molecule has 4 aromatic rings. The minimum atomic E-state index is -0.555. The molecule has 0 aliphatic rings. The summed E-state index contributed by atoms with van der Waals surface area (Å²) in [6.07, 6.45) is 0. The van der Waals surface area contributed by atoms with Crippen molar-refractivity contribution < 1.29 is 9.21 Å². The number of carbonyl (C=O) groups is 1. The maximum Gasteiger partial charge on any atom is 0.420 e. The summed E-state index contributed by atoms with van der Waals surface area (Å²) in [6.45, 7) is -0.149. The van der Waals surface area contributed by atoms with Gasteiger partial charge in [-0.15, -0.1) is 0 Å². The normalized spacial score (nSPS) is 12.3. The molecular formula is C17H13N3O3S. The van der Waals surface area contributed by atoms with Gasteiger partial charge in [0.05, 0.1) is 15.7 Å². The van der Waals surface area contributed by atoms with Crippen LogP contribution in [0.3, 0.4) is 0 Å². The van der Waals surface area contributed by atoms with E-state index in [-0.39, 0.29) is 6.54 Å². The third-order valence-corrected chi connectivity index (χ3v) is 4.92. The van der Waals surface area contributed by atoms with Crippen LogP contribution in [0.25, 0.3) is 21.3 Å². The maximum absolute atomic E-state index is 12.3. The average molecular weight is 339 g/mol. The fourth-order valence-corrected chi connectivity index (χ4v) is 3.66. The Bertz CT molecular complexity index is 1190. The second-order valence-corrected chi connectivity index (χ2v) is 6.35. The summed E-state index contributed by atoms with van der Waals surface area (Å²) in [7, 11) is 1.87. The number of oxazole rings is 1. The highest BCUT2D eigenvalue weighted by Crippen LogP contribution is 2.15. The fraction of sp³-hybridized carbons (Fsp3) is 0.118. The van der Waals surface area contributed by atoms with Gasteiger partial charge in [-0.05, 0) is 24.3 Å². The molecule has 0 aliphatic carbocycles. The minimum absolute atomic E-state index is 0.149. The van der Waals surface area contributed by atoms with Crippen molar-refractivity contribution in [1.82, 2.24) is 9.13 Å². The first-order valence-corrected chi connectivity index (χ1v) is 8.15. The Hall–Kier alpha value is -2.93. The summed E-state index contributed by atoms with van der Waals surface area (Å²) < 4.78 is 9.36. The fourth-order valence-electron chi connectivity index (χ4n) is 2.63. The third kappa shape index (κ3) is 2.39. The molecule has 0 radical (unpaired) electrons. The monoisotopic (exact) mass is 339 g/mol. The van der Waals surface area contributed by atoms with Gasteiger partial charge in [0.1, 0.15) is 6.54 Å². The number of rotatable bonds is 2. The number of amides is 1. The Morgan fingerprint density at radius 2 is 1.83 bits per heavy atom. The van der Waals surface area contributed by atoms with Gasteiger partial charge in [0, 0.05) is 7.05 Å². The summed E-state index contributed by atoms with van der Waals surface area (Å²) in [5.74, 6) is -0.953. The zero-order valence-electron chi connectivity index (χ0n) is 12.8. The smallest absolute Gasteiger partial charge is 0.408 e. The Morgan fingerprint density at radius 1 is 1.12 bits per heavy atom. The molecular weight excluding hydrogens is 326 g/mol. The number of fused-ring (bicyclic) bond motifs is 2. The number of para-hydroxylation sites is 3. The van der Waals surface area contributed by atoms with Crippen LogP contribution < -0.4 is 10.6 Å². The molecule has 0 N–H and O–H groups in total. The van der Waals surface area contributed by atoms with Gasteiger partial charge in [0.15, 0.2) is 10.4 Å². The van der Waals surface area contributed by atoms with Gasteiger partial charge < -0.3 is 8.98 Å². The van der Waals surface area contributed by atoms with E-state index < -0.39 is 11.7 Å². The number of nitrogens with zero attached hydrogens (tertiary/aromatic N) is 3. The molecule has 0 bridgehead atoms. The van der Waals surface area contributed by atoms with Crippen LogP contribution in [0.15, 0.2) is 62.7 Å². The van der Waals surface area contributed by atoms with Gasteiger partial charge in [-0.2, -0.15) is 4.99 Å². The summed E-state index contributed by atoms with van der Waals surface area (Å²) >= 11 is 1.44. The lowest BCUT2D eigenvalue weighted by Crippen LogP contribution is -2.21. The van der Waals surface area contributed by atoms with Crippen LogP contribution in [-0.4, -0.2) is 15.0 Å². The summed E-state index contributed by atoms with van der Waals surface area (Å²) in [6, 6.07) is 14.9. The molecule has 1 amide bonds. The summed E-state index contributed by atoms with van der Waals surface area (Å²) in [5, 5.41) is 0. The molecule has 120 valence electrons. The Kier molecular flexibility index (Phi) is 3.42. The molecule has 7 heteroatoms. The number of hydrogen-bond acceptors (Lipinski definition) is 4. The maximum atomic E-state index is 12.3. The van der Waals surface area contributed by atoms with E-state index in [1.807, 2.05) is 35.9 Å². The number of hydrogen-bond donors (Lipinski definition) is 0. The van der Waals surface area contributed by atoms with E-state index in [1.54, 1.807) is 24.3 Å². The Balaban J connectivity index is 1.74. The van der Waals surface area contributed by atoms with Gasteiger partial charge in [-0.1, -0.05) is 35.6 Å². The molecule has 0 fully saturated rings. The second kappa shape index (κ2) is 5.61. The van der Waals surface area contributed by atoms with Crippen molar-refractivity contribution in [3.63, 3.8) is 0 Å². The molecule has 6 nitrogen and oxygen atoms in total. The van der Waals surface area contributed by atoms with Crippen molar-refractivity contribution in [2.75, 3.05) is 0 Å². The van der Waals surface area contributed by atoms with Crippen LogP contribution in [0.1, 0.15) is 0 Å². The zero-order valence-corrected chi connectivity index (χ0v) is 13.6. The predicted octanol–water partition coefficient (Wildman–Crippen LogP) is 2.28. The lowest BCUT2D eigenvalue weighted by Gasteiger charge is -1.98. The molecule has 24 heavy (non-hydrogen) atoms. The quantitative estimate of drug-likeness (QED) is 0.562.